The molecule has 23 heavy (non-hydrogen) atoms. The van der Waals surface area contributed by atoms with Gasteiger partial charge in [0.15, 0.2) is 12.4 Å². The molecule has 2 heterocycles. The number of aromatic nitrogens is 1. The highest BCUT2D eigenvalue weighted by Crippen LogP contribution is 2.22. The van der Waals surface area contributed by atoms with Gasteiger partial charge in [-0.2, -0.15) is 0 Å². The van der Waals surface area contributed by atoms with Crippen LogP contribution in [0.1, 0.15) is 23.9 Å². The summed E-state index contributed by atoms with van der Waals surface area (Å²) in [5.74, 6) is 2.16. The van der Waals surface area contributed by atoms with Crippen molar-refractivity contribution in [1.82, 2.24) is 10.1 Å². The van der Waals surface area contributed by atoms with Crippen molar-refractivity contribution < 1.29 is 18.8 Å². The molecule has 0 unspecified atom stereocenters. The molecule has 0 radical (unpaired) electrons. The molecule has 1 aromatic carbocycles. The maximum absolute atomic E-state index is 12.3. The van der Waals surface area contributed by atoms with Gasteiger partial charge in [0.05, 0.1) is 18.8 Å². The fraction of sp³-hybridized carbons (Fsp3) is 0.412. The van der Waals surface area contributed by atoms with Crippen LogP contribution in [0.2, 0.25) is 0 Å². The molecule has 0 saturated heterocycles. The molecule has 0 bridgehead atoms. The first-order chi connectivity index (χ1) is 11.2. The summed E-state index contributed by atoms with van der Waals surface area (Å²) in [4.78, 5) is 14.0. The average Bonchev–Trinajstić information content (AvgIpc) is 2.95. The van der Waals surface area contributed by atoms with Crippen molar-refractivity contribution in [3.63, 3.8) is 0 Å². The lowest BCUT2D eigenvalue weighted by atomic mass is 10.1. The second-order valence-electron chi connectivity index (χ2n) is 5.43. The lowest BCUT2D eigenvalue weighted by molar-refractivity contribution is -0.134. The Morgan fingerprint density at radius 3 is 2.65 bits per heavy atom. The summed E-state index contributed by atoms with van der Waals surface area (Å²) in [6.07, 6.45) is 0.777. The Hall–Kier alpha value is -2.50. The Bertz CT molecular complexity index is 678. The maximum atomic E-state index is 12.3. The largest absolute Gasteiger partial charge is 0.494 e. The van der Waals surface area contributed by atoms with E-state index in [-0.39, 0.29) is 12.5 Å². The number of hydrogen-bond donors (Lipinski definition) is 0. The van der Waals surface area contributed by atoms with Gasteiger partial charge in [-0.05, 0) is 44.5 Å². The van der Waals surface area contributed by atoms with Crippen LogP contribution in [-0.4, -0.2) is 35.7 Å². The smallest absolute Gasteiger partial charge is 0.260 e. The maximum Gasteiger partial charge on any atom is 0.260 e. The number of ether oxygens (including phenoxy) is 2. The van der Waals surface area contributed by atoms with Crippen LogP contribution >= 0.6 is 0 Å². The van der Waals surface area contributed by atoms with Crippen LogP contribution in [0.15, 0.2) is 28.8 Å². The van der Waals surface area contributed by atoms with Gasteiger partial charge in [-0.15, -0.1) is 0 Å². The summed E-state index contributed by atoms with van der Waals surface area (Å²) in [7, 11) is 0. The number of aryl methyl sites for hydroxylation is 1. The predicted octanol–water partition coefficient (Wildman–Crippen LogP) is 2.35. The second-order valence-corrected chi connectivity index (χ2v) is 5.43. The van der Waals surface area contributed by atoms with Crippen molar-refractivity contribution in [1.29, 1.82) is 0 Å². The SMILES string of the molecule is CCOc1ccc(OCC(=O)N2CCc3c(C)noc3C2)cc1. The molecule has 1 aliphatic rings. The van der Waals surface area contributed by atoms with Gasteiger partial charge >= 0.3 is 0 Å². The van der Waals surface area contributed by atoms with Crippen molar-refractivity contribution in [2.45, 2.75) is 26.8 Å². The molecule has 0 fully saturated rings. The normalized spacial score (nSPS) is 13.6. The number of benzene rings is 1. The number of hydrogen-bond acceptors (Lipinski definition) is 5. The zero-order chi connectivity index (χ0) is 16.2. The van der Waals surface area contributed by atoms with Crippen LogP contribution in [-0.2, 0) is 17.8 Å². The van der Waals surface area contributed by atoms with Gasteiger partial charge < -0.3 is 18.9 Å². The molecule has 0 saturated carbocycles. The molecule has 2 aromatic rings. The fourth-order valence-corrected chi connectivity index (χ4v) is 2.63. The van der Waals surface area contributed by atoms with Crippen LogP contribution in [0.5, 0.6) is 11.5 Å². The number of nitrogens with zero attached hydrogens (tertiary/aromatic N) is 2. The first-order valence-corrected chi connectivity index (χ1v) is 7.75. The summed E-state index contributed by atoms with van der Waals surface area (Å²) >= 11 is 0. The zero-order valence-corrected chi connectivity index (χ0v) is 13.4. The first kappa shape index (κ1) is 15.4. The third-order valence-electron chi connectivity index (χ3n) is 3.88. The number of carbonyl (C=O) groups is 1. The molecule has 1 aliphatic heterocycles. The Morgan fingerprint density at radius 2 is 1.96 bits per heavy atom. The highest BCUT2D eigenvalue weighted by Gasteiger charge is 2.25. The van der Waals surface area contributed by atoms with Gasteiger partial charge in [0.2, 0.25) is 0 Å². The van der Waals surface area contributed by atoms with E-state index in [4.69, 9.17) is 14.0 Å². The quantitative estimate of drug-likeness (QED) is 0.847. The molecule has 0 atom stereocenters. The van der Waals surface area contributed by atoms with Crippen molar-refractivity contribution in [2.75, 3.05) is 19.8 Å². The summed E-state index contributed by atoms with van der Waals surface area (Å²) in [5, 5.41) is 3.95. The molecular weight excluding hydrogens is 296 g/mol. The molecular formula is C17H20N2O4. The average molecular weight is 316 g/mol. The third kappa shape index (κ3) is 3.47. The van der Waals surface area contributed by atoms with E-state index in [0.717, 1.165) is 29.2 Å². The highest BCUT2D eigenvalue weighted by molar-refractivity contribution is 5.78. The summed E-state index contributed by atoms with van der Waals surface area (Å²) in [6, 6.07) is 7.25. The van der Waals surface area contributed by atoms with E-state index in [2.05, 4.69) is 5.16 Å². The molecule has 1 amide bonds. The van der Waals surface area contributed by atoms with Gasteiger partial charge in [0, 0.05) is 12.1 Å². The monoisotopic (exact) mass is 316 g/mol. The van der Waals surface area contributed by atoms with Gasteiger partial charge in [0.25, 0.3) is 5.91 Å². The van der Waals surface area contributed by atoms with Crippen LogP contribution in [0.4, 0.5) is 0 Å². The molecule has 6 heteroatoms. The predicted molar refractivity (Wildman–Crippen MR) is 83.5 cm³/mol. The van der Waals surface area contributed by atoms with Crippen LogP contribution in [0, 0.1) is 6.92 Å². The Kier molecular flexibility index (Phi) is 4.50. The number of rotatable bonds is 5. The van der Waals surface area contributed by atoms with Crippen molar-refractivity contribution in [3.05, 3.63) is 41.3 Å². The van der Waals surface area contributed by atoms with Crippen molar-refractivity contribution in [2.24, 2.45) is 0 Å². The Labute approximate surface area is 135 Å². The van der Waals surface area contributed by atoms with E-state index < -0.39 is 0 Å². The number of amides is 1. The minimum Gasteiger partial charge on any atom is -0.494 e. The van der Waals surface area contributed by atoms with E-state index in [1.165, 1.54) is 0 Å². The van der Waals surface area contributed by atoms with Crippen LogP contribution < -0.4 is 9.47 Å². The van der Waals surface area contributed by atoms with E-state index in [1.807, 2.05) is 26.0 Å². The van der Waals surface area contributed by atoms with E-state index in [1.54, 1.807) is 17.0 Å². The molecule has 3 rings (SSSR count). The van der Waals surface area contributed by atoms with E-state index >= 15 is 0 Å². The zero-order valence-electron chi connectivity index (χ0n) is 13.4. The molecule has 1 aromatic heterocycles. The second kappa shape index (κ2) is 6.73. The van der Waals surface area contributed by atoms with Crippen LogP contribution in [0.25, 0.3) is 0 Å². The topological polar surface area (TPSA) is 64.8 Å². The van der Waals surface area contributed by atoms with Gasteiger partial charge in [-0.3, -0.25) is 4.79 Å². The van der Waals surface area contributed by atoms with Crippen molar-refractivity contribution >= 4 is 5.91 Å². The summed E-state index contributed by atoms with van der Waals surface area (Å²) in [5.41, 5.74) is 2.04. The van der Waals surface area contributed by atoms with Crippen molar-refractivity contribution in [3.8, 4) is 11.5 Å². The fourth-order valence-electron chi connectivity index (χ4n) is 2.63. The van der Waals surface area contributed by atoms with Gasteiger partial charge in [-0.25, -0.2) is 0 Å². The molecule has 122 valence electrons. The molecule has 0 aliphatic carbocycles. The van der Waals surface area contributed by atoms with Gasteiger partial charge in [0.1, 0.15) is 11.5 Å². The van der Waals surface area contributed by atoms with Crippen LogP contribution in [0.3, 0.4) is 0 Å². The number of fused-ring (bicyclic) bond motifs is 1. The minimum absolute atomic E-state index is 0.0104. The number of carbonyl (C=O) groups excluding carboxylic acids is 1. The first-order valence-electron chi connectivity index (χ1n) is 7.75. The van der Waals surface area contributed by atoms with Gasteiger partial charge in [-0.1, -0.05) is 5.16 Å². The Morgan fingerprint density at radius 1 is 1.26 bits per heavy atom. The molecule has 0 spiro atoms. The third-order valence-corrected chi connectivity index (χ3v) is 3.88. The minimum atomic E-state index is -0.0569. The Balaban J connectivity index is 1.53. The molecule has 6 nitrogen and oxygen atoms in total. The summed E-state index contributed by atoms with van der Waals surface area (Å²) < 4.78 is 16.2. The van der Waals surface area contributed by atoms with E-state index in [9.17, 15) is 4.79 Å². The lowest BCUT2D eigenvalue weighted by Crippen LogP contribution is -2.38. The highest BCUT2D eigenvalue weighted by atomic mass is 16.5. The standard InChI is InChI=1S/C17H20N2O4/c1-3-21-13-4-6-14(7-5-13)22-11-17(20)19-9-8-15-12(2)18-23-16(15)10-19/h4-7H,3,8-11H2,1-2H3. The lowest BCUT2D eigenvalue weighted by Gasteiger charge is -2.25. The summed E-state index contributed by atoms with van der Waals surface area (Å²) in [6.45, 7) is 5.62. The molecule has 0 N–H and O–H groups in total. The van der Waals surface area contributed by atoms with E-state index in [0.29, 0.717) is 25.4 Å².